The zero-order valence-electron chi connectivity index (χ0n) is 16.9. The fourth-order valence-electron chi connectivity index (χ4n) is 2.82. The van der Waals surface area contributed by atoms with E-state index in [0.29, 0.717) is 25.5 Å². The third kappa shape index (κ3) is 5.36. The van der Waals surface area contributed by atoms with Gasteiger partial charge in [-0.15, -0.1) is 0 Å². The van der Waals surface area contributed by atoms with Crippen LogP contribution in [0.15, 0.2) is 55.0 Å². The van der Waals surface area contributed by atoms with Gasteiger partial charge in [0.15, 0.2) is 0 Å². The summed E-state index contributed by atoms with van der Waals surface area (Å²) in [5, 5.41) is 2.90. The molecular formula is C22H25N5O2. The molecule has 0 saturated carbocycles. The van der Waals surface area contributed by atoms with E-state index in [1.807, 2.05) is 61.6 Å². The van der Waals surface area contributed by atoms with E-state index < -0.39 is 0 Å². The van der Waals surface area contributed by atoms with Gasteiger partial charge in [0, 0.05) is 63.9 Å². The van der Waals surface area contributed by atoms with Crippen molar-refractivity contribution in [2.45, 2.75) is 13.0 Å². The molecule has 7 nitrogen and oxygen atoms in total. The van der Waals surface area contributed by atoms with Crippen molar-refractivity contribution in [3.63, 3.8) is 0 Å². The average Bonchev–Trinajstić information content (AvgIpc) is 2.76. The Hall–Kier alpha value is -3.32. The Morgan fingerprint density at radius 2 is 1.79 bits per heavy atom. The molecule has 29 heavy (non-hydrogen) atoms. The van der Waals surface area contributed by atoms with Gasteiger partial charge in [-0.25, -0.2) is 9.97 Å². The number of nitrogens with zero attached hydrogens (tertiary/aromatic N) is 4. The standard InChI is InChI=1S/C22H25N5O2/c1-27(2)22-25-15-19(17-8-11-23-12-9-17)21(26-22)18-6-4-16(5-7-18)14-24-20(28)10-13-29-3/h4-9,11-12,15H,10,13-14H2,1-3H3,(H,24,28). The molecule has 7 heteroatoms. The Morgan fingerprint density at radius 3 is 2.45 bits per heavy atom. The number of nitrogens with one attached hydrogen (secondary N) is 1. The lowest BCUT2D eigenvalue weighted by molar-refractivity contribution is -0.122. The number of rotatable bonds is 8. The SMILES string of the molecule is COCCC(=O)NCc1ccc(-c2nc(N(C)C)ncc2-c2ccncc2)cc1. The Balaban J connectivity index is 1.85. The van der Waals surface area contributed by atoms with Gasteiger partial charge in [-0.05, 0) is 23.3 Å². The van der Waals surface area contributed by atoms with Crippen LogP contribution in [0.1, 0.15) is 12.0 Å². The molecule has 0 aliphatic carbocycles. The summed E-state index contributed by atoms with van der Waals surface area (Å²) in [5.41, 5.74) is 4.81. The first-order chi connectivity index (χ1) is 14.1. The Kier molecular flexibility index (Phi) is 6.86. The van der Waals surface area contributed by atoms with E-state index in [0.717, 1.165) is 27.9 Å². The van der Waals surface area contributed by atoms with Crippen LogP contribution in [0, 0.1) is 0 Å². The van der Waals surface area contributed by atoms with Crippen LogP contribution in [0.5, 0.6) is 0 Å². The molecule has 0 aliphatic rings. The van der Waals surface area contributed by atoms with E-state index in [1.165, 1.54) is 0 Å². The smallest absolute Gasteiger partial charge is 0.225 e. The molecule has 1 aromatic carbocycles. The normalized spacial score (nSPS) is 10.6. The first-order valence-corrected chi connectivity index (χ1v) is 9.38. The highest BCUT2D eigenvalue weighted by molar-refractivity contribution is 5.81. The molecule has 0 saturated heterocycles. The number of benzene rings is 1. The summed E-state index contributed by atoms with van der Waals surface area (Å²) < 4.78 is 4.92. The van der Waals surface area contributed by atoms with Crippen LogP contribution in [0.25, 0.3) is 22.4 Å². The minimum Gasteiger partial charge on any atom is -0.384 e. The number of methoxy groups -OCH3 is 1. The number of hydrogen-bond donors (Lipinski definition) is 1. The van der Waals surface area contributed by atoms with E-state index in [1.54, 1.807) is 19.5 Å². The molecule has 0 radical (unpaired) electrons. The molecule has 2 aromatic heterocycles. The molecule has 3 rings (SSSR count). The van der Waals surface area contributed by atoms with Gasteiger partial charge in [-0.1, -0.05) is 24.3 Å². The Morgan fingerprint density at radius 1 is 1.07 bits per heavy atom. The number of pyridine rings is 1. The predicted molar refractivity (Wildman–Crippen MR) is 113 cm³/mol. The number of anilines is 1. The van der Waals surface area contributed by atoms with Gasteiger partial charge < -0.3 is 15.0 Å². The van der Waals surface area contributed by atoms with Crippen molar-refractivity contribution in [1.82, 2.24) is 20.3 Å². The summed E-state index contributed by atoms with van der Waals surface area (Å²) in [6.07, 6.45) is 5.72. The summed E-state index contributed by atoms with van der Waals surface area (Å²) >= 11 is 0. The number of ether oxygens (including phenoxy) is 1. The number of carbonyl (C=O) groups is 1. The van der Waals surface area contributed by atoms with Gasteiger partial charge in [0.05, 0.1) is 12.3 Å². The van der Waals surface area contributed by atoms with Gasteiger partial charge in [0.2, 0.25) is 11.9 Å². The van der Waals surface area contributed by atoms with Crippen molar-refractivity contribution in [2.75, 3.05) is 32.7 Å². The fraction of sp³-hybridized carbons (Fsp3) is 0.273. The van der Waals surface area contributed by atoms with E-state index in [2.05, 4.69) is 15.3 Å². The van der Waals surface area contributed by atoms with Crippen LogP contribution >= 0.6 is 0 Å². The summed E-state index contributed by atoms with van der Waals surface area (Å²) in [6.45, 7) is 0.900. The van der Waals surface area contributed by atoms with Crippen molar-refractivity contribution >= 4 is 11.9 Å². The van der Waals surface area contributed by atoms with Crippen molar-refractivity contribution in [1.29, 1.82) is 0 Å². The fourth-order valence-corrected chi connectivity index (χ4v) is 2.82. The first kappa shape index (κ1) is 20.4. The van der Waals surface area contributed by atoms with Crippen LogP contribution in [0.2, 0.25) is 0 Å². The molecule has 0 spiro atoms. The molecule has 1 N–H and O–H groups in total. The van der Waals surface area contributed by atoms with E-state index >= 15 is 0 Å². The second-order valence-corrected chi connectivity index (χ2v) is 6.78. The number of carbonyl (C=O) groups excluding carboxylic acids is 1. The van der Waals surface area contributed by atoms with E-state index in [-0.39, 0.29) is 5.91 Å². The Bertz CT molecular complexity index is 943. The van der Waals surface area contributed by atoms with Gasteiger partial charge in [0.1, 0.15) is 0 Å². The predicted octanol–water partition coefficient (Wildman–Crippen LogP) is 2.92. The maximum atomic E-state index is 11.7. The summed E-state index contributed by atoms with van der Waals surface area (Å²) in [7, 11) is 5.42. The lowest BCUT2D eigenvalue weighted by atomic mass is 10.0. The highest BCUT2D eigenvalue weighted by Crippen LogP contribution is 2.31. The molecule has 0 unspecified atom stereocenters. The van der Waals surface area contributed by atoms with E-state index in [4.69, 9.17) is 9.72 Å². The molecule has 0 atom stereocenters. The molecule has 2 heterocycles. The minimum atomic E-state index is -0.0256. The molecule has 0 bridgehead atoms. The van der Waals surface area contributed by atoms with E-state index in [9.17, 15) is 4.79 Å². The summed E-state index contributed by atoms with van der Waals surface area (Å²) in [5.74, 6) is 0.620. The summed E-state index contributed by atoms with van der Waals surface area (Å²) in [4.78, 5) is 27.0. The second-order valence-electron chi connectivity index (χ2n) is 6.78. The molecular weight excluding hydrogens is 366 g/mol. The zero-order valence-corrected chi connectivity index (χ0v) is 16.9. The maximum absolute atomic E-state index is 11.7. The van der Waals surface area contributed by atoms with Crippen molar-refractivity contribution in [2.24, 2.45) is 0 Å². The average molecular weight is 391 g/mol. The van der Waals surface area contributed by atoms with Crippen molar-refractivity contribution in [3.8, 4) is 22.4 Å². The van der Waals surface area contributed by atoms with Gasteiger partial charge in [0.25, 0.3) is 0 Å². The largest absolute Gasteiger partial charge is 0.384 e. The second kappa shape index (κ2) is 9.75. The third-order valence-corrected chi connectivity index (χ3v) is 4.42. The first-order valence-electron chi connectivity index (χ1n) is 9.38. The van der Waals surface area contributed by atoms with Gasteiger partial charge in [-0.2, -0.15) is 0 Å². The van der Waals surface area contributed by atoms with Crippen molar-refractivity contribution < 1.29 is 9.53 Å². The monoisotopic (exact) mass is 391 g/mol. The van der Waals surface area contributed by atoms with Crippen LogP contribution in [-0.2, 0) is 16.1 Å². The Labute approximate surface area is 170 Å². The number of amides is 1. The molecule has 0 aliphatic heterocycles. The molecule has 1 amide bonds. The van der Waals surface area contributed by atoms with Gasteiger partial charge in [-0.3, -0.25) is 9.78 Å². The number of aromatic nitrogens is 3. The topological polar surface area (TPSA) is 80.2 Å². The highest BCUT2D eigenvalue weighted by Gasteiger charge is 2.13. The lowest BCUT2D eigenvalue weighted by Crippen LogP contribution is -2.23. The summed E-state index contributed by atoms with van der Waals surface area (Å²) in [6, 6.07) is 11.9. The minimum absolute atomic E-state index is 0.0256. The molecule has 150 valence electrons. The number of hydrogen-bond acceptors (Lipinski definition) is 6. The van der Waals surface area contributed by atoms with Crippen molar-refractivity contribution in [3.05, 3.63) is 60.6 Å². The molecule has 0 fully saturated rings. The lowest BCUT2D eigenvalue weighted by Gasteiger charge is -2.15. The van der Waals surface area contributed by atoms with Crippen LogP contribution in [0.4, 0.5) is 5.95 Å². The van der Waals surface area contributed by atoms with Gasteiger partial charge >= 0.3 is 0 Å². The zero-order chi connectivity index (χ0) is 20.6. The third-order valence-electron chi connectivity index (χ3n) is 4.42. The van der Waals surface area contributed by atoms with Crippen LogP contribution in [0.3, 0.4) is 0 Å². The molecule has 3 aromatic rings. The highest BCUT2D eigenvalue weighted by atomic mass is 16.5. The van der Waals surface area contributed by atoms with Crippen LogP contribution < -0.4 is 10.2 Å². The van der Waals surface area contributed by atoms with Crippen LogP contribution in [-0.4, -0.2) is 48.7 Å². The quantitative estimate of drug-likeness (QED) is 0.636. The maximum Gasteiger partial charge on any atom is 0.225 e.